The number of hydrogen-bond donors (Lipinski definition) is 1. The van der Waals surface area contributed by atoms with Gasteiger partial charge in [0, 0.05) is 31.1 Å². The second-order valence-electron chi connectivity index (χ2n) is 6.54. The fraction of sp³-hybridized carbons (Fsp3) is 0.667. The summed E-state index contributed by atoms with van der Waals surface area (Å²) in [5.74, 6) is 1.03. The van der Waals surface area contributed by atoms with Crippen LogP contribution in [0.2, 0.25) is 0 Å². The molecule has 1 aromatic carbocycles. The van der Waals surface area contributed by atoms with Crippen LogP contribution in [0.1, 0.15) is 52.1 Å². The van der Waals surface area contributed by atoms with Gasteiger partial charge in [0.1, 0.15) is 11.4 Å². The van der Waals surface area contributed by atoms with Gasteiger partial charge >= 0.3 is 0 Å². The topological polar surface area (TPSA) is 24.5 Å². The Bertz CT molecular complexity index is 445. The number of likely N-dealkylation sites (N-methyl/N-ethyl adjacent to an activating group) is 1. The molecule has 1 aromatic rings. The maximum Gasteiger partial charge on any atom is 0.124 e. The van der Waals surface area contributed by atoms with Crippen LogP contribution in [-0.4, -0.2) is 36.7 Å². The summed E-state index contributed by atoms with van der Waals surface area (Å²) in [5.41, 5.74) is 1.20. The predicted octanol–water partition coefficient (Wildman–Crippen LogP) is 3.61. The maximum absolute atomic E-state index is 6.09. The van der Waals surface area contributed by atoms with Crippen molar-refractivity contribution < 1.29 is 4.74 Å². The van der Waals surface area contributed by atoms with Crippen LogP contribution < -0.4 is 10.1 Å². The lowest BCUT2D eigenvalue weighted by Crippen LogP contribution is -2.41. The number of hydrogen-bond acceptors (Lipinski definition) is 3. The molecule has 0 saturated carbocycles. The SMILES string of the molecule is CCCN(CC)CCNC1CC(C)(C)Oc2ccccc21. The van der Waals surface area contributed by atoms with E-state index in [-0.39, 0.29) is 5.60 Å². The minimum Gasteiger partial charge on any atom is -0.487 e. The van der Waals surface area contributed by atoms with Crippen molar-refractivity contribution in [3.63, 3.8) is 0 Å². The highest BCUT2D eigenvalue weighted by Gasteiger charge is 2.33. The number of nitrogens with zero attached hydrogens (tertiary/aromatic N) is 1. The van der Waals surface area contributed by atoms with Gasteiger partial charge in [-0.15, -0.1) is 0 Å². The van der Waals surface area contributed by atoms with Gasteiger partial charge in [0.2, 0.25) is 0 Å². The van der Waals surface area contributed by atoms with E-state index in [9.17, 15) is 0 Å². The molecule has 3 nitrogen and oxygen atoms in total. The molecule has 118 valence electrons. The molecule has 1 heterocycles. The van der Waals surface area contributed by atoms with Crippen molar-refractivity contribution in [3.05, 3.63) is 29.8 Å². The van der Waals surface area contributed by atoms with E-state index in [1.54, 1.807) is 0 Å². The Morgan fingerprint density at radius 1 is 1.24 bits per heavy atom. The Morgan fingerprint density at radius 2 is 2.00 bits per heavy atom. The first-order chi connectivity index (χ1) is 10.1. The van der Waals surface area contributed by atoms with E-state index < -0.39 is 0 Å². The molecule has 0 aliphatic carbocycles. The summed E-state index contributed by atoms with van der Waals surface area (Å²) in [6, 6.07) is 8.82. The van der Waals surface area contributed by atoms with Gasteiger partial charge in [-0.05, 0) is 39.4 Å². The zero-order valence-corrected chi connectivity index (χ0v) is 14.0. The van der Waals surface area contributed by atoms with Crippen LogP contribution in [0.4, 0.5) is 0 Å². The summed E-state index contributed by atoms with van der Waals surface area (Å²) in [4.78, 5) is 2.50. The zero-order chi connectivity index (χ0) is 15.3. The molecule has 0 amide bonds. The van der Waals surface area contributed by atoms with Gasteiger partial charge in [0.15, 0.2) is 0 Å². The third-order valence-electron chi connectivity index (χ3n) is 4.18. The molecule has 21 heavy (non-hydrogen) atoms. The van der Waals surface area contributed by atoms with E-state index in [0.29, 0.717) is 6.04 Å². The predicted molar refractivity (Wildman–Crippen MR) is 88.9 cm³/mol. The Kier molecular flexibility index (Phi) is 5.65. The smallest absolute Gasteiger partial charge is 0.124 e. The van der Waals surface area contributed by atoms with Crippen molar-refractivity contribution in [2.45, 2.75) is 52.2 Å². The van der Waals surface area contributed by atoms with E-state index in [1.807, 2.05) is 0 Å². The van der Waals surface area contributed by atoms with Crippen molar-refractivity contribution in [1.82, 2.24) is 10.2 Å². The Hall–Kier alpha value is -1.06. The molecule has 1 aliphatic rings. The molecule has 1 unspecified atom stereocenters. The molecule has 1 N–H and O–H groups in total. The van der Waals surface area contributed by atoms with Gasteiger partial charge in [-0.3, -0.25) is 0 Å². The molecule has 0 radical (unpaired) electrons. The lowest BCUT2D eigenvalue weighted by molar-refractivity contribution is 0.0655. The highest BCUT2D eigenvalue weighted by Crippen LogP contribution is 2.38. The van der Waals surface area contributed by atoms with Gasteiger partial charge in [-0.25, -0.2) is 0 Å². The van der Waals surface area contributed by atoms with Gasteiger partial charge in [-0.2, -0.15) is 0 Å². The Balaban J connectivity index is 1.96. The number of para-hydroxylation sites is 1. The van der Waals surface area contributed by atoms with Gasteiger partial charge in [0.25, 0.3) is 0 Å². The van der Waals surface area contributed by atoms with Crippen LogP contribution in [-0.2, 0) is 0 Å². The van der Waals surface area contributed by atoms with Crippen molar-refractivity contribution in [2.75, 3.05) is 26.2 Å². The molecule has 3 heteroatoms. The van der Waals surface area contributed by atoms with E-state index in [2.05, 4.69) is 62.2 Å². The largest absolute Gasteiger partial charge is 0.487 e. The van der Waals surface area contributed by atoms with Gasteiger partial charge in [-0.1, -0.05) is 32.0 Å². The minimum absolute atomic E-state index is 0.0973. The average Bonchev–Trinajstić information content (AvgIpc) is 2.45. The Labute approximate surface area is 129 Å². The van der Waals surface area contributed by atoms with Crippen LogP contribution in [0.25, 0.3) is 0 Å². The second-order valence-corrected chi connectivity index (χ2v) is 6.54. The van der Waals surface area contributed by atoms with Crippen molar-refractivity contribution >= 4 is 0 Å². The third kappa shape index (κ3) is 4.45. The molecule has 0 bridgehead atoms. The first kappa shape index (κ1) is 16.3. The fourth-order valence-corrected chi connectivity index (χ4v) is 3.13. The second kappa shape index (κ2) is 7.28. The third-order valence-corrected chi connectivity index (χ3v) is 4.18. The van der Waals surface area contributed by atoms with Crippen LogP contribution >= 0.6 is 0 Å². The standard InChI is InChI=1S/C18H30N2O/c1-5-12-20(6-2)13-11-19-16-14-18(3,4)21-17-10-8-7-9-15(16)17/h7-10,16,19H,5-6,11-14H2,1-4H3. The highest BCUT2D eigenvalue weighted by atomic mass is 16.5. The molecule has 1 atom stereocenters. The van der Waals surface area contributed by atoms with E-state index in [4.69, 9.17) is 4.74 Å². The van der Waals surface area contributed by atoms with E-state index in [0.717, 1.165) is 31.8 Å². The normalized spacial score (nSPS) is 20.1. The van der Waals surface area contributed by atoms with Gasteiger partial charge in [0.05, 0.1) is 0 Å². The minimum atomic E-state index is -0.0973. The summed E-state index contributed by atoms with van der Waals surface area (Å²) in [6.45, 7) is 13.3. The molecule has 0 aromatic heterocycles. The monoisotopic (exact) mass is 290 g/mol. The fourth-order valence-electron chi connectivity index (χ4n) is 3.13. The summed E-state index contributed by atoms with van der Waals surface area (Å²) in [6.07, 6.45) is 2.24. The lowest BCUT2D eigenvalue weighted by Gasteiger charge is -2.38. The number of nitrogens with one attached hydrogen (secondary N) is 1. The molecule has 0 spiro atoms. The molecular weight excluding hydrogens is 260 g/mol. The van der Waals surface area contributed by atoms with Crippen LogP contribution in [0.3, 0.4) is 0 Å². The highest BCUT2D eigenvalue weighted by molar-refractivity contribution is 5.38. The lowest BCUT2D eigenvalue weighted by atomic mass is 9.90. The quantitative estimate of drug-likeness (QED) is 0.830. The number of rotatable bonds is 7. The van der Waals surface area contributed by atoms with E-state index >= 15 is 0 Å². The van der Waals surface area contributed by atoms with Crippen LogP contribution in [0.5, 0.6) is 5.75 Å². The summed E-state index contributed by atoms with van der Waals surface area (Å²) < 4.78 is 6.09. The number of ether oxygens (including phenoxy) is 1. The van der Waals surface area contributed by atoms with E-state index in [1.165, 1.54) is 18.5 Å². The first-order valence-corrected chi connectivity index (χ1v) is 8.29. The number of benzene rings is 1. The number of fused-ring (bicyclic) bond motifs is 1. The summed E-state index contributed by atoms with van der Waals surface area (Å²) >= 11 is 0. The molecule has 0 saturated heterocycles. The van der Waals surface area contributed by atoms with Crippen LogP contribution in [0, 0.1) is 0 Å². The van der Waals surface area contributed by atoms with Crippen molar-refractivity contribution in [2.24, 2.45) is 0 Å². The first-order valence-electron chi connectivity index (χ1n) is 8.29. The zero-order valence-electron chi connectivity index (χ0n) is 14.0. The molecule has 1 aliphatic heterocycles. The van der Waals surface area contributed by atoms with Crippen molar-refractivity contribution in [3.8, 4) is 5.75 Å². The Morgan fingerprint density at radius 3 is 2.71 bits per heavy atom. The maximum atomic E-state index is 6.09. The average molecular weight is 290 g/mol. The van der Waals surface area contributed by atoms with Crippen LogP contribution in [0.15, 0.2) is 24.3 Å². The molecule has 2 rings (SSSR count). The molecule has 0 fully saturated rings. The molecular formula is C18H30N2O. The van der Waals surface area contributed by atoms with Gasteiger partial charge < -0.3 is 15.0 Å². The van der Waals surface area contributed by atoms with Crippen molar-refractivity contribution in [1.29, 1.82) is 0 Å². The summed E-state index contributed by atoms with van der Waals surface area (Å²) in [7, 11) is 0. The summed E-state index contributed by atoms with van der Waals surface area (Å²) in [5, 5.41) is 3.73.